The molecule has 0 aliphatic rings. The van der Waals surface area contributed by atoms with Gasteiger partial charge < -0.3 is 4.90 Å². The molecule has 5 heteroatoms. The first-order valence-corrected chi connectivity index (χ1v) is 8.07. The van der Waals surface area contributed by atoms with Gasteiger partial charge in [-0.2, -0.15) is 0 Å². The van der Waals surface area contributed by atoms with Crippen LogP contribution in [0.1, 0.15) is 10.4 Å². The first kappa shape index (κ1) is 16.2. The van der Waals surface area contributed by atoms with Crippen molar-refractivity contribution in [2.45, 2.75) is 13.1 Å². The van der Waals surface area contributed by atoms with E-state index in [1.807, 2.05) is 73.3 Å². The Labute approximate surface area is 141 Å². The van der Waals surface area contributed by atoms with E-state index >= 15 is 0 Å². The zero-order valence-corrected chi connectivity index (χ0v) is 14.1. The lowest BCUT2D eigenvalue weighted by atomic mass is 10.1. The number of rotatable bonds is 6. The number of imidazole rings is 1. The minimum absolute atomic E-state index is 0.0582. The molecule has 0 aliphatic carbocycles. The Balaban J connectivity index is 1.98. The number of Topliss-reactive ketones (excluding diaryl/α,β-unsaturated/α-hetero) is 1. The number of nitrogens with zero attached hydrogens (tertiary/aromatic N) is 3. The van der Waals surface area contributed by atoms with Crippen molar-refractivity contribution in [3.63, 3.8) is 0 Å². The summed E-state index contributed by atoms with van der Waals surface area (Å²) >= 11 is 0. The standard InChI is InChI=1S/C19H22N4O/c1-21(2)12-13-22-16-10-6-7-11-17(16)23(19(22)20)14-18(24)15-8-4-3-5-9-15/h3-11,20H,12-14H2,1-2H3/p+1. The van der Waals surface area contributed by atoms with E-state index in [0.717, 1.165) is 24.1 Å². The van der Waals surface area contributed by atoms with E-state index in [0.29, 0.717) is 11.5 Å². The van der Waals surface area contributed by atoms with Crippen molar-refractivity contribution >= 4 is 22.8 Å². The molecule has 0 radical (unpaired) electrons. The van der Waals surface area contributed by atoms with Crippen LogP contribution in [0.2, 0.25) is 0 Å². The van der Waals surface area contributed by atoms with Crippen molar-refractivity contribution in [2.24, 2.45) is 0 Å². The minimum atomic E-state index is 0.0582. The second kappa shape index (κ2) is 6.84. The third-order valence-corrected chi connectivity index (χ3v) is 4.18. The fourth-order valence-electron chi connectivity index (χ4n) is 2.87. The molecular weight excluding hydrogens is 300 g/mol. The highest BCUT2D eigenvalue weighted by molar-refractivity contribution is 5.95. The number of carbonyl (C=O) groups excluding carboxylic acids is 1. The van der Waals surface area contributed by atoms with Crippen LogP contribution in [0.3, 0.4) is 0 Å². The molecule has 0 saturated heterocycles. The molecule has 3 aromatic rings. The summed E-state index contributed by atoms with van der Waals surface area (Å²) in [6.07, 6.45) is 0. The number of likely N-dealkylation sites (N-methyl/N-ethyl adjacent to an activating group) is 1. The van der Waals surface area contributed by atoms with Crippen LogP contribution >= 0.6 is 0 Å². The van der Waals surface area contributed by atoms with Crippen LogP contribution in [0.4, 0.5) is 5.95 Å². The van der Waals surface area contributed by atoms with Gasteiger partial charge in [0, 0.05) is 12.1 Å². The van der Waals surface area contributed by atoms with Gasteiger partial charge in [0.05, 0.1) is 6.54 Å². The van der Waals surface area contributed by atoms with Crippen molar-refractivity contribution in [3.05, 3.63) is 60.2 Å². The number of nitrogens with two attached hydrogens (primary N) is 1. The van der Waals surface area contributed by atoms with Crippen molar-refractivity contribution in [2.75, 3.05) is 26.4 Å². The molecule has 24 heavy (non-hydrogen) atoms. The van der Waals surface area contributed by atoms with Crippen LogP contribution in [0.5, 0.6) is 0 Å². The summed E-state index contributed by atoms with van der Waals surface area (Å²) in [5.41, 5.74) is 9.12. The maximum atomic E-state index is 12.6. The summed E-state index contributed by atoms with van der Waals surface area (Å²) in [4.78, 5) is 14.7. The van der Waals surface area contributed by atoms with E-state index in [4.69, 9.17) is 5.73 Å². The largest absolute Gasteiger partial charge is 0.356 e. The lowest BCUT2D eigenvalue weighted by molar-refractivity contribution is -0.642. The lowest BCUT2D eigenvalue weighted by Crippen LogP contribution is -2.40. The summed E-state index contributed by atoms with van der Waals surface area (Å²) in [6.45, 7) is 1.91. The molecule has 3 rings (SSSR count). The number of para-hydroxylation sites is 2. The monoisotopic (exact) mass is 323 g/mol. The lowest BCUT2D eigenvalue weighted by Gasteiger charge is -2.08. The normalized spacial score (nSPS) is 11.3. The van der Waals surface area contributed by atoms with Gasteiger partial charge in [-0.3, -0.25) is 10.5 Å². The van der Waals surface area contributed by atoms with Gasteiger partial charge in [-0.15, -0.1) is 0 Å². The van der Waals surface area contributed by atoms with Gasteiger partial charge in [-0.1, -0.05) is 42.5 Å². The summed E-state index contributed by atoms with van der Waals surface area (Å²) in [5, 5.41) is 0. The predicted molar refractivity (Wildman–Crippen MR) is 95.9 cm³/mol. The smallest absolute Gasteiger partial charge is 0.306 e. The van der Waals surface area contributed by atoms with Crippen LogP contribution in [0.25, 0.3) is 11.0 Å². The summed E-state index contributed by atoms with van der Waals surface area (Å²) in [7, 11) is 4.07. The van der Waals surface area contributed by atoms with Crippen LogP contribution < -0.4 is 10.3 Å². The number of benzene rings is 2. The van der Waals surface area contributed by atoms with Crippen LogP contribution in [-0.4, -0.2) is 35.9 Å². The van der Waals surface area contributed by atoms with Gasteiger partial charge in [-0.05, 0) is 26.2 Å². The van der Waals surface area contributed by atoms with Crippen molar-refractivity contribution < 1.29 is 9.36 Å². The number of hydrogen-bond acceptors (Lipinski definition) is 3. The van der Waals surface area contributed by atoms with E-state index in [2.05, 4.69) is 9.47 Å². The van der Waals surface area contributed by atoms with Crippen LogP contribution in [-0.2, 0) is 13.1 Å². The molecule has 0 unspecified atom stereocenters. The topological polar surface area (TPSA) is 55.1 Å². The highest BCUT2D eigenvalue weighted by atomic mass is 16.1. The van der Waals surface area contributed by atoms with E-state index in [1.165, 1.54) is 0 Å². The second-order valence-corrected chi connectivity index (χ2v) is 6.18. The van der Waals surface area contributed by atoms with E-state index in [-0.39, 0.29) is 12.3 Å². The van der Waals surface area contributed by atoms with Gasteiger partial charge >= 0.3 is 5.95 Å². The quantitative estimate of drug-likeness (QED) is 0.557. The maximum absolute atomic E-state index is 12.6. The molecule has 0 spiro atoms. The van der Waals surface area contributed by atoms with Gasteiger partial charge in [0.25, 0.3) is 0 Å². The molecule has 0 saturated carbocycles. The number of aromatic nitrogens is 2. The maximum Gasteiger partial charge on any atom is 0.356 e. The molecule has 0 amide bonds. The average molecular weight is 323 g/mol. The fourth-order valence-corrected chi connectivity index (χ4v) is 2.87. The molecule has 1 heterocycles. The highest BCUT2D eigenvalue weighted by Crippen LogP contribution is 2.16. The van der Waals surface area contributed by atoms with Gasteiger partial charge in [0.1, 0.15) is 17.6 Å². The molecule has 5 nitrogen and oxygen atoms in total. The molecule has 1 aromatic heterocycles. The third kappa shape index (κ3) is 3.16. The first-order chi connectivity index (χ1) is 11.6. The molecule has 124 valence electrons. The molecule has 0 fully saturated rings. The molecule has 0 atom stereocenters. The van der Waals surface area contributed by atoms with E-state index in [1.54, 1.807) is 0 Å². The second-order valence-electron chi connectivity index (χ2n) is 6.18. The average Bonchev–Trinajstić information content (AvgIpc) is 2.86. The van der Waals surface area contributed by atoms with Gasteiger partial charge in [0.15, 0.2) is 5.78 Å². The van der Waals surface area contributed by atoms with Gasteiger partial charge in [-0.25, -0.2) is 9.13 Å². The Kier molecular flexibility index (Phi) is 4.62. The molecule has 2 aromatic carbocycles. The van der Waals surface area contributed by atoms with Crippen molar-refractivity contribution in [3.8, 4) is 0 Å². The zero-order chi connectivity index (χ0) is 17.1. The van der Waals surface area contributed by atoms with Gasteiger partial charge in [0.2, 0.25) is 0 Å². The van der Waals surface area contributed by atoms with Crippen LogP contribution in [0.15, 0.2) is 54.6 Å². The SMILES string of the molecule is CN(C)CCn1c(N)[n+](CC(=O)c2ccccc2)c2ccccc21. The number of fused-ring (bicyclic) bond motifs is 1. The first-order valence-electron chi connectivity index (χ1n) is 8.07. The van der Waals surface area contributed by atoms with Crippen molar-refractivity contribution in [1.82, 2.24) is 9.47 Å². The zero-order valence-electron chi connectivity index (χ0n) is 14.1. The fraction of sp³-hybridized carbons (Fsp3) is 0.263. The Morgan fingerprint density at radius 1 is 1.08 bits per heavy atom. The number of anilines is 1. The highest BCUT2D eigenvalue weighted by Gasteiger charge is 2.22. The Bertz CT molecular complexity index is 852. The van der Waals surface area contributed by atoms with E-state index in [9.17, 15) is 4.79 Å². The van der Waals surface area contributed by atoms with E-state index < -0.39 is 0 Å². The number of nitrogen functional groups attached to an aromatic ring is 1. The summed E-state index contributed by atoms with van der Waals surface area (Å²) in [6, 6.07) is 17.4. The number of ketones is 1. The minimum Gasteiger partial charge on any atom is -0.306 e. The Morgan fingerprint density at radius 3 is 2.46 bits per heavy atom. The summed E-state index contributed by atoms with van der Waals surface area (Å²) < 4.78 is 3.98. The van der Waals surface area contributed by atoms with Crippen LogP contribution in [0, 0.1) is 0 Å². The summed E-state index contributed by atoms with van der Waals surface area (Å²) in [5.74, 6) is 0.671. The molecule has 0 bridgehead atoms. The van der Waals surface area contributed by atoms with Crippen molar-refractivity contribution in [1.29, 1.82) is 0 Å². The molecule has 0 aliphatic heterocycles. The molecular formula is C19H23N4O+. The molecule has 2 N–H and O–H groups in total. The Morgan fingerprint density at radius 2 is 1.75 bits per heavy atom. The number of carbonyl (C=O) groups is 1. The third-order valence-electron chi connectivity index (χ3n) is 4.18. The number of hydrogen-bond donors (Lipinski definition) is 1. The Hall–Kier alpha value is -2.66. The predicted octanol–water partition coefficient (Wildman–Crippen LogP) is 1.96.